The van der Waals surface area contributed by atoms with E-state index in [1.165, 1.54) is 16.3 Å². The number of benzene rings is 2. The van der Waals surface area contributed by atoms with E-state index in [0.29, 0.717) is 11.5 Å². The molecular weight excluding hydrogens is 396 g/mol. The van der Waals surface area contributed by atoms with Crippen LogP contribution in [-0.4, -0.2) is 9.97 Å². The van der Waals surface area contributed by atoms with Crippen LogP contribution >= 0.6 is 0 Å². The number of pyridine rings is 2. The number of fused-ring (bicyclic) bond motifs is 3. The lowest BCUT2D eigenvalue weighted by atomic mass is 9.82. The fourth-order valence-corrected chi connectivity index (χ4v) is 4.45. The van der Waals surface area contributed by atoms with E-state index < -0.39 is 0 Å². The van der Waals surface area contributed by atoms with Crippen molar-refractivity contribution in [1.29, 1.82) is 0 Å². The minimum absolute atomic E-state index is 0.00389. The second-order valence-electron chi connectivity index (χ2n) is 9.18. The normalized spacial score (nSPS) is 12.2. The highest BCUT2D eigenvalue weighted by Crippen LogP contribution is 2.38. The number of hydrogen-bond acceptors (Lipinski definition) is 4. The quantitative estimate of drug-likeness (QED) is 0.288. The Bertz CT molecular complexity index is 1620. The molecule has 0 saturated heterocycles. The van der Waals surface area contributed by atoms with Gasteiger partial charge < -0.3 is 8.83 Å². The van der Waals surface area contributed by atoms with Gasteiger partial charge in [-0.1, -0.05) is 45.0 Å². The molecule has 0 aliphatic carbocycles. The van der Waals surface area contributed by atoms with Crippen LogP contribution in [0.1, 0.15) is 26.3 Å². The summed E-state index contributed by atoms with van der Waals surface area (Å²) in [5, 5.41) is 4.44. The van der Waals surface area contributed by atoms with Crippen LogP contribution in [0.3, 0.4) is 0 Å². The predicted molar refractivity (Wildman–Crippen MR) is 129 cm³/mol. The zero-order valence-corrected chi connectivity index (χ0v) is 18.2. The smallest absolute Gasteiger partial charge is 0.163 e. The molecule has 0 N–H and O–H groups in total. The zero-order valence-electron chi connectivity index (χ0n) is 18.2. The SMILES string of the molecule is CC(C)(C)c1cc(-c2nccc3oc(-c4nccc5ccoc45)cc23)cc2ccccc12. The molecular formula is C28H22N2O2. The minimum atomic E-state index is 0.00389. The monoisotopic (exact) mass is 418 g/mol. The molecule has 6 aromatic rings. The number of hydrogen-bond donors (Lipinski definition) is 0. The van der Waals surface area contributed by atoms with E-state index in [4.69, 9.17) is 13.8 Å². The summed E-state index contributed by atoms with van der Waals surface area (Å²) < 4.78 is 11.9. The molecule has 32 heavy (non-hydrogen) atoms. The summed E-state index contributed by atoms with van der Waals surface area (Å²) in [7, 11) is 0. The van der Waals surface area contributed by atoms with Gasteiger partial charge in [-0.3, -0.25) is 4.98 Å². The maximum absolute atomic E-state index is 6.22. The second-order valence-corrected chi connectivity index (χ2v) is 9.18. The first-order valence-corrected chi connectivity index (χ1v) is 10.7. The maximum atomic E-state index is 6.22. The number of aromatic nitrogens is 2. The molecule has 0 unspecified atom stereocenters. The van der Waals surface area contributed by atoms with Gasteiger partial charge in [-0.2, -0.15) is 0 Å². The van der Waals surface area contributed by atoms with E-state index in [1.54, 1.807) is 18.7 Å². The highest BCUT2D eigenvalue weighted by molar-refractivity contribution is 5.99. The van der Waals surface area contributed by atoms with Gasteiger partial charge >= 0.3 is 0 Å². The molecule has 0 aliphatic rings. The van der Waals surface area contributed by atoms with Crippen molar-refractivity contribution < 1.29 is 8.83 Å². The van der Waals surface area contributed by atoms with Gasteiger partial charge in [0.2, 0.25) is 0 Å². The lowest BCUT2D eigenvalue weighted by Crippen LogP contribution is -2.12. The first kappa shape index (κ1) is 18.8. The second kappa shape index (κ2) is 6.79. The van der Waals surface area contributed by atoms with Gasteiger partial charge in [0.1, 0.15) is 11.3 Å². The Hall–Kier alpha value is -3.92. The molecule has 4 heteroatoms. The average molecular weight is 418 g/mol. The maximum Gasteiger partial charge on any atom is 0.163 e. The molecule has 6 rings (SSSR count). The van der Waals surface area contributed by atoms with Gasteiger partial charge in [0.05, 0.1) is 12.0 Å². The number of nitrogens with zero attached hydrogens (tertiary/aromatic N) is 2. The van der Waals surface area contributed by atoms with Gasteiger partial charge in [0.15, 0.2) is 11.3 Å². The molecule has 0 aliphatic heterocycles. The third-order valence-corrected chi connectivity index (χ3v) is 5.99. The lowest BCUT2D eigenvalue weighted by molar-refractivity contribution is 0.596. The van der Waals surface area contributed by atoms with Crippen molar-refractivity contribution in [3.05, 3.63) is 84.9 Å². The van der Waals surface area contributed by atoms with Gasteiger partial charge in [0.25, 0.3) is 0 Å². The van der Waals surface area contributed by atoms with Crippen molar-refractivity contribution in [2.45, 2.75) is 26.2 Å². The molecule has 0 atom stereocenters. The van der Waals surface area contributed by atoms with E-state index in [-0.39, 0.29) is 5.41 Å². The van der Waals surface area contributed by atoms with Crippen molar-refractivity contribution in [2.24, 2.45) is 0 Å². The van der Waals surface area contributed by atoms with Crippen LogP contribution in [0, 0.1) is 0 Å². The minimum Gasteiger partial charge on any atom is -0.462 e. The summed E-state index contributed by atoms with van der Waals surface area (Å²) in [6.07, 6.45) is 5.25. The van der Waals surface area contributed by atoms with Gasteiger partial charge in [-0.15, -0.1) is 0 Å². The summed E-state index contributed by atoms with van der Waals surface area (Å²) in [5.74, 6) is 0.673. The predicted octanol–water partition coefficient (Wildman–Crippen LogP) is 7.75. The summed E-state index contributed by atoms with van der Waals surface area (Å²) in [6, 6.07) is 20.8. The highest BCUT2D eigenvalue weighted by atomic mass is 16.3. The first-order chi connectivity index (χ1) is 15.5. The van der Waals surface area contributed by atoms with Gasteiger partial charge in [0, 0.05) is 28.7 Å². The van der Waals surface area contributed by atoms with Crippen LogP contribution in [0.5, 0.6) is 0 Å². The Morgan fingerprint density at radius 3 is 2.44 bits per heavy atom. The Morgan fingerprint density at radius 2 is 1.56 bits per heavy atom. The summed E-state index contributed by atoms with van der Waals surface area (Å²) >= 11 is 0. The van der Waals surface area contributed by atoms with Crippen molar-refractivity contribution in [3.8, 4) is 22.7 Å². The van der Waals surface area contributed by atoms with E-state index in [0.717, 1.165) is 33.2 Å². The van der Waals surface area contributed by atoms with Gasteiger partial charge in [-0.25, -0.2) is 4.98 Å². The van der Waals surface area contributed by atoms with E-state index >= 15 is 0 Å². The van der Waals surface area contributed by atoms with Crippen molar-refractivity contribution in [1.82, 2.24) is 9.97 Å². The molecule has 0 bridgehead atoms. The molecule has 0 amide bonds. The fraction of sp³-hybridized carbons (Fsp3) is 0.143. The van der Waals surface area contributed by atoms with Crippen LogP contribution in [-0.2, 0) is 5.41 Å². The summed E-state index contributed by atoms with van der Waals surface area (Å²) in [4.78, 5) is 9.29. The molecule has 4 nitrogen and oxygen atoms in total. The standard InChI is InChI=1S/C28H22N2O2/c1-28(2,3)22-15-19(14-18-6-4-5-7-20(18)22)25-21-16-24(32-23(21)9-12-29-25)26-27-17(8-11-30-26)10-13-31-27/h4-16H,1-3H3. The molecule has 0 spiro atoms. The highest BCUT2D eigenvalue weighted by Gasteiger charge is 2.21. The molecule has 4 aromatic heterocycles. The van der Waals surface area contributed by atoms with Crippen LogP contribution < -0.4 is 0 Å². The Balaban J connectivity index is 1.60. The van der Waals surface area contributed by atoms with Crippen molar-refractivity contribution in [3.63, 3.8) is 0 Å². The topological polar surface area (TPSA) is 52.1 Å². The van der Waals surface area contributed by atoms with Crippen LogP contribution in [0.2, 0.25) is 0 Å². The largest absolute Gasteiger partial charge is 0.462 e. The summed E-state index contributed by atoms with van der Waals surface area (Å²) in [6.45, 7) is 6.74. The molecule has 4 heterocycles. The Labute approximate surface area is 185 Å². The summed E-state index contributed by atoms with van der Waals surface area (Å²) in [5.41, 5.74) is 5.49. The molecule has 0 radical (unpaired) electrons. The molecule has 0 saturated carbocycles. The number of rotatable bonds is 2. The van der Waals surface area contributed by atoms with Crippen LogP contribution in [0.25, 0.3) is 55.4 Å². The van der Waals surface area contributed by atoms with Crippen LogP contribution in [0.15, 0.2) is 88.2 Å². The van der Waals surface area contributed by atoms with E-state index in [9.17, 15) is 0 Å². The fourth-order valence-electron chi connectivity index (χ4n) is 4.45. The molecule has 0 fully saturated rings. The first-order valence-electron chi connectivity index (χ1n) is 10.7. The number of furan rings is 2. The van der Waals surface area contributed by atoms with E-state index in [1.807, 2.05) is 24.3 Å². The Kier molecular flexibility index (Phi) is 3.99. The van der Waals surface area contributed by atoms with Crippen molar-refractivity contribution >= 4 is 32.7 Å². The van der Waals surface area contributed by atoms with Crippen LogP contribution in [0.4, 0.5) is 0 Å². The molecule has 2 aromatic carbocycles. The third-order valence-electron chi connectivity index (χ3n) is 5.99. The lowest BCUT2D eigenvalue weighted by Gasteiger charge is -2.22. The molecule has 156 valence electrons. The van der Waals surface area contributed by atoms with E-state index in [2.05, 4.69) is 62.2 Å². The Morgan fingerprint density at radius 1 is 0.750 bits per heavy atom. The van der Waals surface area contributed by atoms with Crippen molar-refractivity contribution in [2.75, 3.05) is 0 Å². The van der Waals surface area contributed by atoms with Gasteiger partial charge in [-0.05, 0) is 58.1 Å². The third kappa shape index (κ3) is 2.91. The average Bonchev–Trinajstić information content (AvgIpc) is 3.44. The zero-order chi connectivity index (χ0) is 21.9.